The SMILES string of the molecule is C#CCC(=O)C(C)(C)CN. The molecule has 56 valence electrons. The first-order valence-electron chi connectivity index (χ1n) is 3.21. The zero-order chi connectivity index (χ0) is 8.20. The first-order chi connectivity index (χ1) is 4.54. The van der Waals surface area contributed by atoms with Crippen LogP contribution in [0.1, 0.15) is 20.3 Å². The monoisotopic (exact) mass is 139 g/mol. The molecule has 0 aromatic heterocycles. The molecule has 0 aromatic rings. The topological polar surface area (TPSA) is 43.1 Å². The molecule has 0 saturated carbocycles. The van der Waals surface area contributed by atoms with E-state index in [4.69, 9.17) is 12.2 Å². The smallest absolute Gasteiger partial charge is 0.151 e. The van der Waals surface area contributed by atoms with Crippen molar-refractivity contribution in [1.82, 2.24) is 0 Å². The van der Waals surface area contributed by atoms with Crippen LogP contribution in [0.4, 0.5) is 0 Å². The molecular weight excluding hydrogens is 126 g/mol. The van der Waals surface area contributed by atoms with Gasteiger partial charge >= 0.3 is 0 Å². The predicted molar refractivity (Wildman–Crippen MR) is 41.3 cm³/mol. The maximum absolute atomic E-state index is 11.1. The van der Waals surface area contributed by atoms with Gasteiger partial charge in [0.25, 0.3) is 0 Å². The number of carbonyl (C=O) groups is 1. The second-order valence-corrected chi connectivity index (χ2v) is 2.89. The van der Waals surface area contributed by atoms with Gasteiger partial charge in [0, 0.05) is 12.0 Å². The van der Waals surface area contributed by atoms with Crippen molar-refractivity contribution in [1.29, 1.82) is 0 Å². The average Bonchev–Trinajstić information content (AvgIpc) is 1.89. The minimum atomic E-state index is -0.452. The molecule has 0 radical (unpaired) electrons. The lowest BCUT2D eigenvalue weighted by molar-refractivity contribution is -0.125. The van der Waals surface area contributed by atoms with Crippen molar-refractivity contribution < 1.29 is 4.79 Å². The van der Waals surface area contributed by atoms with E-state index in [1.54, 1.807) is 13.8 Å². The Bertz CT molecular complexity index is 165. The molecule has 0 aliphatic heterocycles. The molecule has 0 aliphatic carbocycles. The lowest BCUT2D eigenvalue weighted by Crippen LogP contribution is -2.32. The summed E-state index contributed by atoms with van der Waals surface area (Å²) in [6.07, 6.45) is 5.15. The first-order valence-corrected chi connectivity index (χ1v) is 3.21. The number of rotatable bonds is 3. The maximum Gasteiger partial charge on any atom is 0.151 e. The van der Waals surface area contributed by atoms with Gasteiger partial charge in [0.2, 0.25) is 0 Å². The molecular formula is C8H13NO. The summed E-state index contributed by atoms with van der Waals surface area (Å²) in [5.41, 5.74) is 4.90. The number of nitrogens with two attached hydrogens (primary N) is 1. The van der Waals surface area contributed by atoms with Crippen LogP contribution < -0.4 is 5.73 Å². The molecule has 0 aliphatic rings. The largest absolute Gasteiger partial charge is 0.329 e. The summed E-state index contributed by atoms with van der Waals surface area (Å²) in [6.45, 7) is 3.95. The Hall–Kier alpha value is -0.810. The second-order valence-electron chi connectivity index (χ2n) is 2.89. The van der Waals surface area contributed by atoms with Gasteiger partial charge in [0.05, 0.1) is 6.42 Å². The van der Waals surface area contributed by atoms with E-state index in [0.717, 1.165) is 0 Å². The minimum absolute atomic E-state index is 0.0394. The maximum atomic E-state index is 11.1. The summed E-state index contributed by atoms with van der Waals surface area (Å²) in [5, 5.41) is 0. The molecule has 0 saturated heterocycles. The summed E-state index contributed by atoms with van der Waals surface area (Å²) in [6, 6.07) is 0. The van der Waals surface area contributed by atoms with E-state index in [0.29, 0.717) is 6.54 Å². The van der Waals surface area contributed by atoms with Crippen LogP contribution in [0.2, 0.25) is 0 Å². The molecule has 2 nitrogen and oxygen atoms in total. The molecule has 0 atom stereocenters. The molecule has 0 amide bonds. The van der Waals surface area contributed by atoms with Crippen molar-refractivity contribution in [2.75, 3.05) is 6.54 Å². The Morgan fingerprint density at radius 2 is 2.20 bits per heavy atom. The summed E-state index contributed by atoms with van der Waals surface area (Å²) in [5.74, 6) is 2.34. The minimum Gasteiger partial charge on any atom is -0.329 e. The van der Waals surface area contributed by atoms with Gasteiger partial charge in [-0.05, 0) is 0 Å². The number of hydrogen-bond donors (Lipinski definition) is 1. The zero-order valence-electron chi connectivity index (χ0n) is 6.48. The lowest BCUT2D eigenvalue weighted by atomic mass is 9.87. The number of carbonyl (C=O) groups excluding carboxylic acids is 1. The Labute approximate surface area is 61.8 Å². The fourth-order valence-corrected chi connectivity index (χ4v) is 0.446. The average molecular weight is 139 g/mol. The van der Waals surface area contributed by atoms with E-state index in [-0.39, 0.29) is 12.2 Å². The Kier molecular flexibility index (Phi) is 3.11. The highest BCUT2D eigenvalue weighted by atomic mass is 16.1. The number of ketones is 1. The van der Waals surface area contributed by atoms with Crippen molar-refractivity contribution in [3.05, 3.63) is 0 Å². The van der Waals surface area contributed by atoms with Crippen molar-refractivity contribution in [2.24, 2.45) is 11.1 Å². The normalized spacial score (nSPS) is 10.6. The molecule has 0 aromatic carbocycles. The van der Waals surface area contributed by atoms with Crippen LogP contribution in [0.15, 0.2) is 0 Å². The summed E-state index contributed by atoms with van der Waals surface area (Å²) < 4.78 is 0. The van der Waals surface area contributed by atoms with Crippen LogP contribution in [-0.2, 0) is 4.79 Å². The fraction of sp³-hybridized carbons (Fsp3) is 0.625. The molecule has 0 spiro atoms. The third kappa shape index (κ3) is 2.20. The van der Waals surface area contributed by atoms with Crippen LogP contribution in [0.5, 0.6) is 0 Å². The van der Waals surface area contributed by atoms with Gasteiger partial charge in [-0.15, -0.1) is 6.42 Å². The van der Waals surface area contributed by atoms with Crippen LogP contribution in [0, 0.1) is 17.8 Å². The first kappa shape index (κ1) is 9.19. The second kappa shape index (κ2) is 3.38. The Balaban J connectivity index is 4.08. The van der Waals surface area contributed by atoms with Gasteiger partial charge in [-0.1, -0.05) is 19.8 Å². The molecule has 2 N–H and O–H groups in total. The van der Waals surface area contributed by atoms with Crippen LogP contribution in [0.3, 0.4) is 0 Å². The number of Topliss-reactive ketones (excluding diaryl/α,β-unsaturated/α-hetero) is 1. The van der Waals surface area contributed by atoms with Crippen molar-refractivity contribution in [2.45, 2.75) is 20.3 Å². The summed E-state index contributed by atoms with van der Waals surface area (Å²) in [7, 11) is 0. The summed E-state index contributed by atoms with van der Waals surface area (Å²) in [4.78, 5) is 11.1. The highest BCUT2D eigenvalue weighted by Gasteiger charge is 2.23. The summed E-state index contributed by atoms with van der Waals surface area (Å²) >= 11 is 0. The van der Waals surface area contributed by atoms with E-state index < -0.39 is 5.41 Å². The number of hydrogen-bond acceptors (Lipinski definition) is 2. The van der Waals surface area contributed by atoms with Crippen LogP contribution in [-0.4, -0.2) is 12.3 Å². The Morgan fingerprint density at radius 1 is 1.70 bits per heavy atom. The molecule has 0 fully saturated rings. The van der Waals surface area contributed by atoms with E-state index in [1.807, 2.05) is 0 Å². The van der Waals surface area contributed by atoms with E-state index >= 15 is 0 Å². The van der Waals surface area contributed by atoms with Gasteiger partial charge in [-0.2, -0.15) is 0 Å². The highest BCUT2D eigenvalue weighted by molar-refractivity contribution is 5.86. The fourth-order valence-electron chi connectivity index (χ4n) is 0.446. The lowest BCUT2D eigenvalue weighted by Gasteiger charge is -2.18. The van der Waals surface area contributed by atoms with E-state index in [9.17, 15) is 4.79 Å². The molecule has 10 heavy (non-hydrogen) atoms. The molecule has 0 heterocycles. The third-order valence-electron chi connectivity index (χ3n) is 1.53. The number of terminal acetylenes is 1. The van der Waals surface area contributed by atoms with E-state index in [2.05, 4.69) is 5.92 Å². The van der Waals surface area contributed by atoms with Gasteiger partial charge in [0.15, 0.2) is 5.78 Å². The van der Waals surface area contributed by atoms with Crippen LogP contribution in [0.25, 0.3) is 0 Å². The predicted octanol–water partition coefficient (Wildman–Crippen LogP) is 0.564. The zero-order valence-corrected chi connectivity index (χ0v) is 6.48. The standard InChI is InChI=1S/C8H13NO/c1-4-5-7(10)8(2,3)6-9/h1H,5-6,9H2,2-3H3. The highest BCUT2D eigenvalue weighted by Crippen LogP contribution is 2.15. The molecule has 0 unspecified atom stereocenters. The van der Waals surface area contributed by atoms with Gasteiger partial charge < -0.3 is 5.73 Å². The van der Waals surface area contributed by atoms with Crippen molar-refractivity contribution in [3.63, 3.8) is 0 Å². The van der Waals surface area contributed by atoms with E-state index in [1.165, 1.54) is 0 Å². The van der Waals surface area contributed by atoms with Gasteiger partial charge in [0.1, 0.15) is 0 Å². The Morgan fingerprint density at radius 3 is 2.50 bits per heavy atom. The van der Waals surface area contributed by atoms with Crippen molar-refractivity contribution >= 4 is 5.78 Å². The van der Waals surface area contributed by atoms with Gasteiger partial charge in [-0.3, -0.25) is 4.79 Å². The molecule has 0 bridgehead atoms. The quantitative estimate of drug-likeness (QED) is 0.581. The molecule has 0 rings (SSSR count). The van der Waals surface area contributed by atoms with Crippen molar-refractivity contribution in [3.8, 4) is 12.3 Å². The molecule has 2 heteroatoms. The van der Waals surface area contributed by atoms with Crippen LogP contribution >= 0.6 is 0 Å². The van der Waals surface area contributed by atoms with Gasteiger partial charge in [-0.25, -0.2) is 0 Å². The third-order valence-corrected chi connectivity index (χ3v) is 1.53.